The smallest absolute Gasteiger partial charge is 0.287 e. The minimum Gasteiger partial charge on any atom is -0.455 e. The Morgan fingerprint density at radius 3 is 2.76 bits per heavy atom. The molecule has 5 heteroatoms. The van der Waals surface area contributed by atoms with E-state index in [1.807, 2.05) is 6.92 Å². The minimum atomic E-state index is -0.203. The van der Waals surface area contributed by atoms with Gasteiger partial charge >= 0.3 is 0 Å². The number of ether oxygens (including phenoxy) is 1. The Bertz CT molecular complexity index is 394. The normalized spacial score (nSPS) is 18.9. The fraction of sp³-hybridized carbons (Fsp3) is 0.583. The number of amides is 1. The number of carbonyl (C=O) groups is 1. The van der Waals surface area contributed by atoms with Crippen LogP contribution in [0.4, 0.5) is 0 Å². The zero-order valence-electron chi connectivity index (χ0n) is 9.99. The van der Waals surface area contributed by atoms with Gasteiger partial charge in [0.2, 0.25) is 0 Å². The first-order valence-corrected chi connectivity index (χ1v) is 5.82. The Labute approximate surface area is 100 Å². The Morgan fingerprint density at radius 2 is 2.18 bits per heavy atom. The molecule has 0 aromatic carbocycles. The van der Waals surface area contributed by atoms with Crippen LogP contribution in [0.3, 0.4) is 0 Å². The molecule has 0 bridgehead atoms. The maximum atomic E-state index is 12.0. The Balaban J connectivity index is 2.00. The van der Waals surface area contributed by atoms with Crippen molar-refractivity contribution in [1.82, 2.24) is 5.32 Å². The van der Waals surface area contributed by atoms with E-state index in [-0.39, 0.29) is 11.4 Å². The van der Waals surface area contributed by atoms with Gasteiger partial charge in [0, 0.05) is 18.8 Å². The van der Waals surface area contributed by atoms with E-state index in [4.69, 9.17) is 14.9 Å². The van der Waals surface area contributed by atoms with Gasteiger partial charge in [0.15, 0.2) is 5.76 Å². The molecule has 0 aliphatic carbocycles. The van der Waals surface area contributed by atoms with E-state index < -0.39 is 0 Å². The third-order valence-corrected chi connectivity index (χ3v) is 3.10. The van der Waals surface area contributed by atoms with Crippen LogP contribution in [0.25, 0.3) is 0 Å². The van der Waals surface area contributed by atoms with Crippen LogP contribution < -0.4 is 11.1 Å². The second-order valence-electron chi connectivity index (χ2n) is 4.60. The van der Waals surface area contributed by atoms with Crippen LogP contribution in [-0.2, 0) is 11.3 Å². The summed E-state index contributed by atoms with van der Waals surface area (Å²) < 4.78 is 10.6. The first-order chi connectivity index (χ1) is 8.13. The Kier molecular flexibility index (Phi) is 3.49. The molecular formula is C12H18N2O3. The highest BCUT2D eigenvalue weighted by Crippen LogP contribution is 2.20. The van der Waals surface area contributed by atoms with Gasteiger partial charge in [-0.1, -0.05) is 0 Å². The first-order valence-electron chi connectivity index (χ1n) is 5.82. The van der Waals surface area contributed by atoms with Gasteiger partial charge in [-0.05, 0) is 31.9 Å². The van der Waals surface area contributed by atoms with Crippen LogP contribution >= 0.6 is 0 Å². The maximum absolute atomic E-state index is 12.0. The number of hydrogen-bond donors (Lipinski definition) is 2. The summed E-state index contributed by atoms with van der Waals surface area (Å²) in [5, 5.41) is 3.00. The van der Waals surface area contributed by atoms with Crippen LogP contribution in [0, 0.1) is 0 Å². The SMILES string of the molecule is CC1(NC(=O)c2ccc(CN)o2)CCOCC1. The summed E-state index contributed by atoms with van der Waals surface area (Å²) in [6.07, 6.45) is 1.65. The summed E-state index contributed by atoms with van der Waals surface area (Å²) in [5.41, 5.74) is 5.23. The monoisotopic (exact) mass is 238 g/mol. The van der Waals surface area contributed by atoms with Crippen molar-refractivity contribution in [3.63, 3.8) is 0 Å². The van der Waals surface area contributed by atoms with Crippen LogP contribution in [-0.4, -0.2) is 24.7 Å². The van der Waals surface area contributed by atoms with Crippen molar-refractivity contribution in [3.8, 4) is 0 Å². The standard InChI is InChI=1S/C12H18N2O3/c1-12(4-6-16-7-5-12)14-11(15)10-3-2-9(8-13)17-10/h2-3H,4-8,13H2,1H3,(H,14,15). The average molecular weight is 238 g/mol. The molecule has 3 N–H and O–H groups in total. The van der Waals surface area contributed by atoms with Gasteiger partial charge in [-0.3, -0.25) is 4.79 Å². The largest absolute Gasteiger partial charge is 0.455 e. The second kappa shape index (κ2) is 4.89. The lowest BCUT2D eigenvalue weighted by Crippen LogP contribution is -2.49. The summed E-state index contributed by atoms with van der Waals surface area (Å²) in [4.78, 5) is 12.0. The molecule has 5 nitrogen and oxygen atoms in total. The quantitative estimate of drug-likeness (QED) is 0.824. The lowest BCUT2D eigenvalue weighted by Gasteiger charge is -2.34. The Morgan fingerprint density at radius 1 is 1.47 bits per heavy atom. The highest BCUT2D eigenvalue weighted by molar-refractivity contribution is 5.92. The number of rotatable bonds is 3. The number of carbonyl (C=O) groups excluding carboxylic acids is 1. The fourth-order valence-electron chi connectivity index (χ4n) is 1.89. The predicted octanol–water partition coefficient (Wildman–Crippen LogP) is 1.04. The van der Waals surface area contributed by atoms with E-state index >= 15 is 0 Å². The summed E-state index contributed by atoms with van der Waals surface area (Å²) >= 11 is 0. The molecule has 2 rings (SSSR count). The molecule has 1 aliphatic heterocycles. The van der Waals surface area contributed by atoms with Crippen LogP contribution in [0.2, 0.25) is 0 Å². The van der Waals surface area contributed by atoms with Crippen LogP contribution in [0.1, 0.15) is 36.1 Å². The molecule has 1 amide bonds. The van der Waals surface area contributed by atoms with Gasteiger partial charge in [-0.2, -0.15) is 0 Å². The molecule has 94 valence electrons. The summed E-state index contributed by atoms with van der Waals surface area (Å²) in [6, 6.07) is 3.38. The average Bonchev–Trinajstić information content (AvgIpc) is 2.78. The Hall–Kier alpha value is -1.33. The molecule has 1 saturated heterocycles. The van der Waals surface area contributed by atoms with Crippen LogP contribution in [0.5, 0.6) is 0 Å². The van der Waals surface area contributed by atoms with Crippen molar-refractivity contribution < 1.29 is 13.9 Å². The lowest BCUT2D eigenvalue weighted by atomic mass is 9.92. The maximum Gasteiger partial charge on any atom is 0.287 e. The van der Waals surface area contributed by atoms with E-state index in [2.05, 4.69) is 5.32 Å². The lowest BCUT2D eigenvalue weighted by molar-refractivity contribution is 0.0414. The van der Waals surface area contributed by atoms with Crippen molar-refractivity contribution in [1.29, 1.82) is 0 Å². The molecule has 0 radical (unpaired) electrons. The first kappa shape index (κ1) is 12.1. The highest BCUT2D eigenvalue weighted by Gasteiger charge is 2.30. The summed E-state index contributed by atoms with van der Waals surface area (Å²) in [6.45, 7) is 3.70. The fourth-order valence-corrected chi connectivity index (χ4v) is 1.89. The third kappa shape index (κ3) is 2.87. The molecule has 0 atom stereocenters. The summed E-state index contributed by atoms with van der Waals surface area (Å²) in [5.74, 6) is 0.750. The van der Waals surface area contributed by atoms with Gasteiger partial charge in [0.1, 0.15) is 5.76 Å². The van der Waals surface area contributed by atoms with Crippen molar-refractivity contribution in [2.75, 3.05) is 13.2 Å². The molecule has 2 heterocycles. The molecule has 0 unspecified atom stereocenters. The van der Waals surface area contributed by atoms with Crippen molar-refractivity contribution >= 4 is 5.91 Å². The number of furan rings is 1. The van der Waals surface area contributed by atoms with Gasteiger partial charge in [-0.15, -0.1) is 0 Å². The number of hydrogen-bond acceptors (Lipinski definition) is 4. The van der Waals surface area contributed by atoms with Crippen molar-refractivity contribution in [2.24, 2.45) is 5.73 Å². The molecule has 1 fully saturated rings. The molecule has 1 aliphatic rings. The van der Waals surface area contributed by atoms with E-state index in [9.17, 15) is 4.79 Å². The zero-order valence-corrected chi connectivity index (χ0v) is 9.99. The minimum absolute atomic E-state index is 0.186. The molecule has 0 spiro atoms. The molecular weight excluding hydrogens is 220 g/mol. The predicted molar refractivity (Wildman–Crippen MR) is 62.5 cm³/mol. The molecule has 1 aromatic heterocycles. The number of nitrogens with one attached hydrogen (secondary N) is 1. The molecule has 0 saturated carbocycles. The van der Waals surface area contributed by atoms with Crippen molar-refractivity contribution in [3.05, 3.63) is 23.7 Å². The van der Waals surface area contributed by atoms with E-state index in [0.29, 0.717) is 31.3 Å². The van der Waals surface area contributed by atoms with E-state index in [1.165, 1.54) is 0 Å². The van der Waals surface area contributed by atoms with Crippen LogP contribution in [0.15, 0.2) is 16.5 Å². The second-order valence-corrected chi connectivity index (χ2v) is 4.60. The van der Waals surface area contributed by atoms with Gasteiger partial charge in [0.25, 0.3) is 5.91 Å². The summed E-state index contributed by atoms with van der Waals surface area (Å²) in [7, 11) is 0. The topological polar surface area (TPSA) is 77.5 Å². The van der Waals surface area contributed by atoms with E-state index in [1.54, 1.807) is 12.1 Å². The van der Waals surface area contributed by atoms with E-state index in [0.717, 1.165) is 12.8 Å². The van der Waals surface area contributed by atoms with Crippen molar-refractivity contribution in [2.45, 2.75) is 31.8 Å². The molecule has 1 aromatic rings. The molecule has 17 heavy (non-hydrogen) atoms. The van der Waals surface area contributed by atoms with Gasteiger partial charge in [0.05, 0.1) is 6.54 Å². The van der Waals surface area contributed by atoms with Gasteiger partial charge < -0.3 is 20.2 Å². The third-order valence-electron chi connectivity index (χ3n) is 3.10. The number of nitrogens with two attached hydrogens (primary N) is 1. The zero-order chi connectivity index (χ0) is 12.3. The highest BCUT2D eigenvalue weighted by atomic mass is 16.5. The van der Waals surface area contributed by atoms with Gasteiger partial charge in [-0.25, -0.2) is 0 Å².